The van der Waals surface area contributed by atoms with Crippen molar-refractivity contribution in [3.05, 3.63) is 28.2 Å². The van der Waals surface area contributed by atoms with E-state index in [4.69, 9.17) is 4.74 Å². The Morgan fingerprint density at radius 3 is 2.72 bits per heavy atom. The normalized spacial score (nSPS) is 16.1. The van der Waals surface area contributed by atoms with Gasteiger partial charge in [-0.3, -0.25) is 14.4 Å². The van der Waals surface area contributed by atoms with Crippen LogP contribution in [0.3, 0.4) is 0 Å². The molecule has 3 amide bonds. The van der Waals surface area contributed by atoms with E-state index in [0.717, 1.165) is 10.0 Å². The van der Waals surface area contributed by atoms with Crippen molar-refractivity contribution >= 4 is 45.3 Å². The number of carbonyl (C=O) groups is 4. The van der Waals surface area contributed by atoms with Gasteiger partial charge >= 0.3 is 5.97 Å². The quantitative estimate of drug-likeness (QED) is 0.594. The van der Waals surface area contributed by atoms with Gasteiger partial charge in [-0.05, 0) is 37.1 Å². The zero-order valence-electron chi connectivity index (χ0n) is 13.6. The summed E-state index contributed by atoms with van der Waals surface area (Å²) in [6.07, 6.45) is 0.621. The molecule has 1 aromatic carbocycles. The van der Waals surface area contributed by atoms with Crippen LogP contribution in [0.25, 0.3) is 0 Å². The number of hydrogen-bond donors (Lipinski definition) is 3. The first-order chi connectivity index (χ1) is 11.8. The van der Waals surface area contributed by atoms with Crippen molar-refractivity contribution in [1.29, 1.82) is 0 Å². The van der Waals surface area contributed by atoms with Crippen LogP contribution < -0.4 is 16.0 Å². The molecule has 9 heteroatoms. The zero-order chi connectivity index (χ0) is 18.4. The maximum absolute atomic E-state index is 11.8. The van der Waals surface area contributed by atoms with Gasteiger partial charge in [0, 0.05) is 16.6 Å². The Morgan fingerprint density at radius 2 is 2.08 bits per heavy atom. The Hall–Kier alpha value is -2.42. The molecular formula is C16H18BrN3O5. The second kappa shape index (κ2) is 8.61. The summed E-state index contributed by atoms with van der Waals surface area (Å²) in [4.78, 5) is 46.1. The number of carbonyl (C=O) groups excluding carboxylic acids is 4. The van der Waals surface area contributed by atoms with Crippen molar-refractivity contribution in [2.24, 2.45) is 0 Å². The Balaban J connectivity index is 1.69. The zero-order valence-corrected chi connectivity index (χ0v) is 15.1. The van der Waals surface area contributed by atoms with Crippen molar-refractivity contribution in [3.63, 3.8) is 0 Å². The van der Waals surface area contributed by atoms with Gasteiger partial charge in [0.15, 0.2) is 6.61 Å². The SMILES string of the molecule is Cc1cc(Br)ccc1NC(=O)CNC(=O)COC(=O)[C@@H]1CCC(=O)N1. The fraction of sp³-hybridized carbons (Fsp3) is 0.375. The molecule has 1 aliphatic rings. The minimum Gasteiger partial charge on any atom is -0.454 e. The third-order valence-corrected chi connectivity index (χ3v) is 4.03. The predicted octanol–water partition coefficient (Wildman–Crippen LogP) is 0.634. The minimum absolute atomic E-state index is 0.216. The van der Waals surface area contributed by atoms with E-state index in [2.05, 4.69) is 31.9 Å². The second-order valence-electron chi connectivity index (χ2n) is 5.55. The summed E-state index contributed by atoms with van der Waals surface area (Å²) in [5.74, 6) is -1.87. The summed E-state index contributed by atoms with van der Waals surface area (Å²) in [5, 5.41) is 7.49. The van der Waals surface area contributed by atoms with Gasteiger partial charge < -0.3 is 20.7 Å². The largest absolute Gasteiger partial charge is 0.454 e. The van der Waals surface area contributed by atoms with Crippen molar-refractivity contribution in [2.45, 2.75) is 25.8 Å². The van der Waals surface area contributed by atoms with E-state index in [-0.39, 0.29) is 18.9 Å². The Kier molecular flexibility index (Phi) is 6.51. The second-order valence-corrected chi connectivity index (χ2v) is 6.47. The third-order valence-electron chi connectivity index (χ3n) is 3.53. The molecule has 1 fully saturated rings. The summed E-state index contributed by atoms with van der Waals surface area (Å²) < 4.78 is 5.72. The van der Waals surface area contributed by atoms with Gasteiger partial charge in [-0.1, -0.05) is 15.9 Å². The van der Waals surface area contributed by atoms with Gasteiger partial charge in [0.25, 0.3) is 5.91 Å². The molecule has 8 nitrogen and oxygen atoms in total. The van der Waals surface area contributed by atoms with E-state index in [1.165, 1.54) is 0 Å². The fourth-order valence-corrected chi connectivity index (χ4v) is 2.70. The van der Waals surface area contributed by atoms with Crippen LogP contribution in [-0.2, 0) is 23.9 Å². The topological polar surface area (TPSA) is 114 Å². The molecule has 0 spiro atoms. The average Bonchev–Trinajstić information content (AvgIpc) is 3.00. The van der Waals surface area contributed by atoms with Crippen LogP contribution in [0.4, 0.5) is 5.69 Å². The smallest absolute Gasteiger partial charge is 0.329 e. The summed E-state index contributed by atoms with van der Waals surface area (Å²) in [6, 6.07) is 4.69. The summed E-state index contributed by atoms with van der Waals surface area (Å²) in [6.45, 7) is 1.10. The van der Waals surface area contributed by atoms with Crippen molar-refractivity contribution < 1.29 is 23.9 Å². The van der Waals surface area contributed by atoms with E-state index in [1.54, 1.807) is 12.1 Å². The lowest BCUT2D eigenvalue weighted by Crippen LogP contribution is -2.39. The molecule has 0 unspecified atom stereocenters. The lowest BCUT2D eigenvalue weighted by Gasteiger charge is -2.11. The van der Waals surface area contributed by atoms with Gasteiger partial charge in [0.2, 0.25) is 11.8 Å². The highest BCUT2D eigenvalue weighted by molar-refractivity contribution is 9.10. The van der Waals surface area contributed by atoms with E-state index >= 15 is 0 Å². The third kappa shape index (κ3) is 5.86. The van der Waals surface area contributed by atoms with Crippen LogP contribution in [0.2, 0.25) is 0 Å². The number of rotatable bonds is 6. The molecule has 25 heavy (non-hydrogen) atoms. The molecule has 1 aliphatic heterocycles. The molecule has 0 aromatic heterocycles. The molecule has 2 rings (SSSR count). The van der Waals surface area contributed by atoms with Crippen LogP contribution in [0.1, 0.15) is 18.4 Å². The van der Waals surface area contributed by atoms with Crippen LogP contribution in [0, 0.1) is 6.92 Å². The molecule has 134 valence electrons. The molecule has 0 radical (unpaired) electrons. The lowest BCUT2D eigenvalue weighted by atomic mass is 10.2. The molecule has 1 saturated heterocycles. The number of ether oxygens (including phenoxy) is 1. The Bertz CT molecular complexity index is 707. The number of halogens is 1. The van der Waals surface area contributed by atoms with Crippen LogP contribution >= 0.6 is 15.9 Å². The van der Waals surface area contributed by atoms with E-state index in [0.29, 0.717) is 12.1 Å². The molecule has 0 saturated carbocycles. The molecular weight excluding hydrogens is 394 g/mol. The summed E-state index contributed by atoms with van der Waals surface area (Å²) >= 11 is 3.33. The fourth-order valence-electron chi connectivity index (χ4n) is 2.22. The minimum atomic E-state index is -0.705. The number of hydrogen-bond acceptors (Lipinski definition) is 5. The summed E-state index contributed by atoms with van der Waals surface area (Å²) in [5.41, 5.74) is 1.52. The molecule has 0 bridgehead atoms. The highest BCUT2D eigenvalue weighted by Crippen LogP contribution is 2.19. The monoisotopic (exact) mass is 411 g/mol. The summed E-state index contributed by atoms with van der Waals surface area (Å²) in [7, 11) is 0. The molecule has 3 N–H and O–H groups in total. The predicted molar refractivity (Wildman–Crippen MR) is 92.6 cm³/mol. The lowest BCUT2D eigenvalue weighted by molar-refractivity contribution is -0.150. The van der Waals surface area contributed by atoms with Crippen LogP contribution in [-0.4, -0.2) is 42.9 Å². The van der Waals surface area contributed by atoms with E-state index in [1.807, 2.05) is 13.0 Å². The van der Waals surface area contributed by atoms with Crippen LogP contribution in [0.5, 0.6) is 0 Å². The van der Waals surface area contributed by atoms with Gasteiger partial charge in [-0.15, -0.1) is 0 Å². The number of aryl methyl sites for hydroxylation is 1. The number of esters is 1. The van der Waals surface area contributed by atoms with Crippen molar-refractivity contribution in [1.82, 2.24) is 10.6 Å². The standard InChI is InChI=1S/C16H18BrN3O5/c1-9-6-10(17)2-3-11(9)19-14(22)7-18-15(23)8-25-16(24)12-4-5-13(21)20-12/h2-3,6,12H,4-5,7-8H2,1H3,(H,18,23)(H,19,22)(H,20,21)/t12-/m0/s1. The maximum atomic E-state index is 11.8. The van der Waals surface area contributed by atoms with Gasteiger partial charge in [0.1, 0.15) is 6.04 Å². The van der Waals surface area contributed by atoms with E-state index < -0.39 is 30.4 Å². The highest BCUT2D eigenvalue weighted by atomic mass is 79.9. The van der Waals surface area contributed by atoms with Gasteiger partial charge in [0.05, 0.1) is 6.54 Å². The molecule has 1 heterocycles. The number of anilines is 1. The average molecular weight is 412 g/mol. The first kappa shape index (κ1) is 18.9. The first-order valence-corrected chi connectivity index (χ1v) is 8.43. The molecule has 1 aromatic rings. The molecule has 0 aliphatic carbocycles. The van der Waals surface area contributed by atoms with Crippen molar-refractivity contribution in [3.8, 4) is 0 Å². The number of amides is 3. The van der Waals surface area contributed by atoms with Crippen LogP contribution in [0.15, 0.2) is 22.7 Å². The Labute approximate surface area is 152 Å². The highest BCUT2D eigenvalue weighted by Gasteiger charge is 2.28. The Morgan fingerprint density at radius 1 is 1.32 bits per heavy atom. The number of nitrogens with one attached hydrogen (secondary N) is 3. The van der Waals surface area contributed by atoms with Crippen molar-refractivity contribution in [2.75, 3.05) is 18.5 Å². The maximum Gasteiger partial charge on any atom is 0.329 e. The number of benzene rings is 1. The molecule has 1 atom stereocenters. The van der Waals surface area contributed by atoms with Gasteiger partial charge in [-0.25, -0.2) is 4.79 Å². The van der Waals surface area contributed by atoms with E-state index in [9.17, 15) is 19.2 Å². The van der Waals surface area contributed by atoms with Gasteiger partial charge in [-0.2, -0.15) is 0 Å². The first-order valence-electron chi connectivity index (χ1n) is 7.64.